The zero-order chi connectivity index (χ0) is 8.59. The molecule has 64 valence electrons. The normalized spacial score (nSPS) is 46.0. The number of carbonyl (C=O) groups is 1. The summed E-state index contributed by atoms with van der Waals surface area (Å²) in [5.41, 5.74) is 0. The van der Waals surface area contributed by atoms with Crippen LogP contribution in [0.25, 0.3) is 0 Å². The van der Waals surface area contributed by atoms with Gasteiger partial charge in [-0.15, -0.1) is 0 Å². The molecule has 0 amide bonds. The summed E-state index contributed by atoms with van der Waals surface area (Å²) in [6.07, 6.45) is -3.46. The van der Waals surface area contributed by atoms with Crippen LogP contribution in [0.4, 0.5) is 0 Å². The molecule has 0 heterocycles. The second-order valence-electron chi connectivity index (χ2n) is 3.04. The quantitative estimate of drug-likeness (QED) is 0.410. The van der Waals surface area contributed by atoms with Crippen LogP contribution in [0.15, 0.2) is 0 Å². The lowest BCUT2D eigenvalue weighted by Crippen LogP contribution is -2.50. The summed E-state index contributed by atoms with van der Waals surface area (Å²) >= 11 is 0. The van der Waals surface area contributed by atoms with E-state index in [0.29, 0.717) is 0 Å². The molecule has 0 spiro atoms. The smallest absolute Gasteiger partial charge is 0.166 e. The Morgan fingerprint density at radius 2 is 1.91 bits per heavy atom. The Kier molecular flexibility index (Phi) is 2.27. The minimum Gasteiger partial charge on any atom is -0.390 e. The predicted molar refractivity (Wildman–Crippen MR) is 36.8 cm³/mol. The molecule has 1 saturated carbocycles. The van der Waals surface area contributed by atoms with E-state index < -0.39 is 18.3 Å². The lowest BCUT2D eigenvalue weighted by atomic mass is 9.83. The molecule has 0 bridgehead atoms. The van der Waals surface area contributed by atoms with Gasteiger partial charge in [0.2, 0.25) is 0 Å². The van der Waals surface area contributed by atoms with Crippen molar-refractivity contribution in [2.24, 2.45) is 5.92 Å². The SMILES string of the molecule is CC1CC(O)C(O)C(O)C1=O. The molecule has 0 radical (unpaired) electrons. The minimum atomic E-state index is -1.41. The Bertz CT molecular complexity index is 168. The molecule has 0 aromatic heterocycles. The van der Waals surface area contributed by atoms with Crippen LogP contribution >= 0.6 is 0 Å². The molecule has 1 fully saturated rings. The van der Waals surface area contributed by atoms with E-state index in [1.807, 2.05) is 0 Å². The van der Waals surface area contributed by atoms with Gasteiger partial charge in [0.25, 0.3) is 0 Å². The number of hydrogen-bond donors (Lipinski definition) is 3. The maximum Gasteiger partial charge on any atom is 0.166 e. The summed E-state index contributed by atoms with van der Waals surface area (Å²) in [7, 11) is 0. The van der Waals surface area contributed by atoms with Crippen molar-refractivity contribution in [3.05, 3.63) is 0 Å². The van der Waals surface area contributed by atoms with Gasteiger partial charge in [0.15, 0.2) is 5.78 Å². The molecule has 0 aliphatic heterocycles. The van der Waals surface area contributed by atoms with Crippen LogP contribution in [0.3, 0.4) is 0 Å². The minimum absolute atomic E-state index is 0.233. The third-order valence-electron chi connectivity index (χ3n) is 2.09. The second-order valence-corrected chi connectivity index (χ2v) is 3.04. The maximum absolute atomic E-state index is 11.0. The van der Waals surface area contributed by atoms with Gasteiger partial charge in [0.05, 0.1) is 6.10 Å². The van der Waals surface area contributed by atoms with Crippen LogP contribution in [0.5, 0.6) is 0 Å². The first-order chi connectivity index (χ1) is 5.04. The van der Waals surface area contributed by atoms with E-state index in [1.54, 1.807) is 6.92 Å². The van der Waals surface area contributed by atoms with Crippen molar-refractivity contribution in [3.8, 4) is 0 Å². The summed E-state index contributed by atoms with van der Waals surface area (Å²) in [6.45, 7) is 1.63. The van der Waals surface area contributed by atoms with E-state index in [2.05, 4.69) is 0 Å². The number of aliphatic hydroxyl groups is 3. The first kappa shape index (κ1) is 8.64. The summed E-state index contributed by atoms with van der Waals surface area (Å²) < 4.78 is 0. The van der Waals surface area contributed by atoms with E-state index in [9.17, 15) is 4.79 Å². The summed E-state index contributed by atoms with van der Waals surface area (Å²) in [5, 5.41) is 27.1. The molecule has 4 atom stereocenters. The van der Waals surface area contributed by atoms with Crippen LogP contribution in [0.2, 0.25) is 0 Å². The van der Waals surface area contributed by atoms with Crippen LogP contribution < -0.4 is 0 Å². The Morgan fingerprint density at radius 1 is 1.36 bits per heavy atom. The van der Waals surface area contributed by atoms with Crippen molar-refractivity contribution in [1.29, 1.82) is 0 Å². The molecule has 0 aromatic rings. The van der Waals surface area contributed by atoms with Gasteiger partial charge < -0.3 is 15.3 Å². The fraction of sp³-hybridized carbons (Fsp3) is 0.857. The Balaban J connectivity index is 2.70. The molecular weight excluding hydrogens is 148 g/mol. The summed E-state index contributed by atoms with van der Waals surface area (Å²) in [4.78, 5) is 11.0. The van der Waals surface area contributed by atoms with E-state index in [4.69, 9.17) is 15.3 Å². The van der Waals surface area contributed by atoms with E-state index in [-0.39, 0.29) is 18.1 Å². The number of rotatable bonds is 0. The van der Waals surface area contributed by atoms with Gasteiger partial charge in [0.1, 0.15) is 12.2 Å². The van der Waals surface area contributed by atoms with E-state index >= 15 is 0 Å². The first-order valence-corrected chi connectivity index (χ1v) is 3.62. The molecule has 4 unspecified atom stereocenters. The van der Waals surface area contributed by atoms with Gasteiger partial charge in [-0.3, -0.25) is 4.79 Å². The second kappa shape index (κ2) is 2.89. The summed E-state index contributed by atoms with van der Waals surface area (Å²) in [6, 6.07) is 0. The van der Waals surface area contributed by atoms with Crippen molar-refractivity contribution < 1.29 is 20.1 Å². The maximum atomic E-state index is 11.0. The predicted octanol–water partition coefficient (Wildman–Crippen LogP) is -1.32. The number of aliphatic hydroxyl groups excluding tert-OH is 3. The highest BCUT2D eigenvalue weighted by atomic mass is 16.4. The van der Waals surface area contributed by atoms with Crippen LogP contribution in [0.1, 0.15) is 13.3 Å². The summed E-state index contributed by atoms with van der Waals surface area (Å²) in [5.74, 6) is -0.744. The molecule has 1 aliphatic carbocycles. The third kappa shape index (κ3) is 1.42. The highest BCUT2D eigenvalue weighted by Gasteiger charge is 2.39. The molecule has 0 aromatic carbocycles. The fourth-order valence-electron chi connectivity index (χ4n) is 1.29. The van der Waals surface area contributed by atoms with Gasteiger partial charge in [-0.05, 0) is 6.42 Å². The van der Waals surface area contributed by atoms with Gasteiger partial charge in [0, 0.05) is 5.92 Å². The Hall–Kier alpha value is -0.450. The van der Waals surface area contributed by atoms with Crippen LogP contribution in [-0.2, 0) is 4.79 Å². The molecule has 3 N–H and O–H groups in total. The number of ketones is 1. The number of carbonyl (C=O) groups excluding carboxylic acids is 1. The van der Waals surface area contributed by atoms with E-state index in [0.717, 1.165) is 0 Å². The molecule has 4 nitrogen and oxygen atoms in total. The van der Waals surface area contributed by atoms with Gasteiger partial charge in [-0.1, -0.05) is 6.92 Å². The molecule has 1 aliphatic rings. The number of hydrogen-bond acceptors (Lipinski definition) is 4. The van der Waals surface area contributed by atoms with Crippen molar-refractivity contribution in [1.82, 2.24) is 0 Å². The average molecular weight is 160 g/mol. The highest BCUT2D eigenvalue weighted by Crippen LogP contribution is 2.21. The van der Waals surface area contributed by atoms with Crippen LogP contribution in [0, 0.1) is 5.92 Å². The van der Waals surface area contributed by atoms with Crippen molar-refractivity contribution in [2.45, 2.75) is 31.7 Å². The largest absolute Gasteiger partial charge is 0.390 e. The van der Waals surface area contributed by atoms with Gasteiger partial charge in [-0.25, -0.2) is 0 Å². The molecular formula is C7H12O4. The molecule has 4 heteroatoms. The van der Waals surface area contributed by atoms with E-state index in [1.165, 1.54) is 0 Å². The third-order valence-corrected chi connectivity index (χ3v) is 2.09. The zero-order valence-corrected chi connectivity index (χ0v) is 6.27. The van der Waals surface area contributed by atoms with Crippen molar-refractivity contribution in [3.63, 3.8) is 0 Å². The van der Waals surface area contributed by atoms with Gasteiger partial charge >= 0.3 is 0 Å². The van der Waals surface area contributed by atoms with Crippen LogP contribution in [-0.4, -0.2) is 39.4 Å². The Morgan fingerprint density at radius 3 is 2.45 bits per heavy atom. The topological polar surface area (TPSA) is 77.8 Å². The first-order valence-electron chi connectivity index (χ1n) is 3.62. The highest BCUT2D eigenvalue weighted by molar-refractivity contribution is 5.86. The van der Waals surface area contributed by atoms with Gasteiger partial charge in [-0.2, -0.15) is 0 Å². The van der Waals surface area contributed by atoms with Crippen molar-refractivity contribution in [2.75, 3.05) is 0 Å². The fourth-order valence-corrected chi connectivity index (χ4v) is 1.29. The molecule has 11 heavy (non-hydrogen) atoms. The average Bonchev–Trinajstić information content (AvgIpc) is 1.97. The Labute approximate surface area is 64.5 Å². The lowest BCUT2D eigenvalue weighted by Gasteiger charge is -2.30. The molecule has 0 saturated heterocycles. The number of Topliss-reactive ketones (excluding diaryl/α,β-unsaturated/α-hetero) is 1. The monoisotopic (exact) mass is 160 g/mol. The van der Waals surface area contributed by atoms with Crippen molar-refractivity contribution >= 4 is 5.78 Å². The lowest BCUT2D eigenvalue weighted by molar-refractivity contribution is -0.152. The standard InChI is InChI=1S/C7H12O4/c1-3-2-4(8)6(10)7(11)5(3)9/h3-4,6-8,10-11H,2H2,1H3. The zero-order valence-electron chi connectivity index (χ0n) is 6.27. The molecule has 1 rings (SSSR count).